The Bertz CT molecular complexity index is 1060. The summed E-state index contributed by atoms with van der Waals surface area (Å²) in [5.41, 5.74) is 1.29. The predicted molar refractivity (Wildman–Crippen MR) is 128 cm³/mol. The number of carbonyl (C=O) groups excluding carboxylic acids is 2. The third-order valence-corrected chi connectivity index (χ3v) is 5.45. The molecule has 10 heteroatoms. The Kier molecular flexibility index (Phi) is 8.04. The summed E-state index contributed by atoms with van der Waals surface area (Å²) in [6, 6.07) is 6.74. The molecule has 0 aliphatic heterocycles. The molecule has 0 unspecified atom stereocenters. The van der Waals surface area contributed by atoms with Crippen molar-refractivity contribution in [3.05, 3.63) is 36.7 Å². The Morgan fingerprint density at radius 1 is 0.939 bits per heavy atom. The van der Waals surface area contributed by atoms with E-state index in [1.807, 2.05) is 52.0 Å². The summed E-state index contributed by atoms with van der Waals surface area (Å²) < 4.78 is 1.74. The summed E-state index contributed by atoms with van der Waals surface area (Å²) >= 11 is 0. The molecule has 0 saturated carbocycles. The molecule has 3 rings (SSSR count). The number of pyridine rings is 2. The lowest BCUT2D eigenvalue weighted by molar-refractivity contribution is -0.129. The Morgan fingerprint density at radius 3 is 1.97 bits per heavy atom. The maximum atomic E-state index is 13.0. The third kappa shape index (κ3) is 6.08. The molecule has 0 radical (unpaired) electrons. The van der Waals surface area contributed by atoms with Gasteiger partial charge in [0.05, 0.1) is 5.94 Å². The van der Waals surface area contributed by atoms with Crippen molar-refractivity contribution in [3.63, 3.8) is 0 Å². The van der Waals surface area contributed by atoms with Crippen LogP contribution in [0.5, 0.6) is 0 Å². The van der Waals surface area contributed by atoms with Crippen LogP contribution in [0.2, 0.25) is 0 Å². The molecule has 0 aliphatic carbocycles. The van der Waals surface area contributed by atoms with Crippen molar-refractivity contribution in [2.75, 3.05) is 0 Å². The monoisotopic (exact) mass is 453 g/mol. The van der Waals surface area contributed by atoms with Crippen molar-refractivity contribution in [1.29, 1.82) is 0 Å². The fourth-order valence-corrected chi connectivity index (χ4v) is 4.03. The van der Waals surface area contributed by atoms with E-state index >= 15 is 0 Å². The minimum Gasteiger partial charge on any atom is -0.426 e. The maximum Gasteiger partial charge on any atom is 0.475 e. The molecular weight excluding hydrogens is 421 g/mol. The molecule has 0 bridgehead atoms. The van der Waals surface area contributed by atoms with Gasteiger partial charge in [-0.2, -0.15) is 0 Å². The summed E-state index contributed by atoms with van der Waals surface area (Å²) in [5.74, 6) is -1.30. The average Bonchev–Trinajstić information content (AvgIpc) is 3.06. The number of fused-ring (bicyclic) bond motifs is 3. The number of hydrogen-bond acceptors (Lipinski definition) is 6. The van der Waals surface area contributed by atoms with Crippen LogP contribution in [0.25, 0.3) is 22.1 Å². The van der Waals surface area contributed by atoms with Crippen LogP contribution in [0, 0.1) is 11.8 Å². The Labute approximate surface area is 193 Å². The van der Waals surface area contributed by atoms with Gasteiger partial charge in [0.15, 0.2) is 0 Å². The normalized spacial score (nSPS) is 13.5. The minimum atomic E-state index is -1.68. The zero-order valence-electron chi connectivity index (χ0n) is 19.5. The largest absolute Gasteiger partial charge is 0.475 e. The second kappa shape index (κ2) is 10.8. The first-order chi connectivity index (χ1) is 15.7. The van der Waals surface area contributed by atoms with Crippen LogP contribution in [-0.2, 0) is 16.1 Å². The molecule has 176 valence electrons. The number of nitrogens with one attached hydrogen (secondary N) is 2. The van der Waals surface area contributed by atoms with Gasteiger partial charge in [-0.1, -0.05) is 27.7 Å². The SMILES string of the molecule is CC(C)C[C@H](NC(=O)[C@H](CC(C)C)NC(=O)Cn1c2ncccc2c2cccnc21)B(O)O. The van der Waals surface area contributed by atoms with Gasteiger partial charge in [-0.05, 0) is 48.9 Å². The number of hydrogen-bond donors (Lipinski definition) is 4. The highest BCUT2D eigenvalue weighted by Gasteiger charge is 2.30. The fraction of sp³-hybridized carbons (Fsp3) is 0.478. The quantitative estimate of drug-likeness (QED) is 0.346. The van der Waals surface area contributed by atoms with Gasteiger partial charge in [0, 0.05) is 23.2 Å². The van der Waals surface area contributed by atoms with Crippen molar-refractivity contribution in [2.24, 2.45) is 11.8 Å². The topological polar surface area (TPSA) is 129 Å². The number of aromatic nitrogens is 3. The highest BCUT2D eigenvalue weighted by Crippen LogP contribution is 2.25. The Balaban J connectivity index is 1.80. The van der Waals surface area contributed by atoms with Crippen LogP contribution in [0.4, 0.5) is 0 Å². The highest BCUT2D eigenvalue weighted by molar-refractivity contribution is 6.43. The number of carbonyl (C=O) groups is 2. The lowest BCUT2D eigenvalue weighted by Crippen LogP contribution is -2.55. The average molecular weight is 453 g/mol. The van der Waals surface area contributed by atoms with Crippen molar-refractivity contribution in [2.45, 2.75) is 59.1 Å². The van der Waals surface area contributed by atoms with Gasteiger partial charge in [-0.15, -0.1) is 0 Å². The van der Waals surface area contributed by atoms with E-state index < -0.39 is 25.0 Å². The van der Waals surface area contributed by atoms with Gasteiger partial charge < -0.3 is 25.2 Å². The standard InChI is InChI=1S/C23H32BN5O4/c1-14(2)11-18(23(31)28-19(24(32)33)12-15(3)4)27-20(30)13-29-21-16(7-5-9-25-21)17-8-6-10-26-22(17)29/h5-10,14-15,18-19,32-33H,11-13H2,1-4H3,(H,27,30)(H,28,31)/t18-,19-/m0/s1. The lowest BCUT2D eigenvalue weighted by atomic mass is 9.75. The molecular formula is C23H32BN5O4. The van der Waals surface area contributed by atoms with E-state index in [9.17, 15) is 19.6 Å². The first-order valence-corrected chi connectivity index (χ1v) is 11.3. The molecule has 33 heavy (non-hydrogen) atoms. The second-order valence-corrected chi connectivity index (χ2v) is 9.24. The molecule has 0 fully saturated rings. The van der Waals surface area contributed by atoms with Crippen molar-refractivity contribution >= 4 is 41.0 Å². The van der Waals surface area contributed by atoms with E-state index in [-0.39, 0.29) is 24.3 Å². The molecule has 0 aliphatic rings. The number of rotatable bonds is 10. The van der Waals surface area contributed by atoms with E-state index in [0.717, 1.165) is 10.8 Å². The number of nitrogens with zero attached hydrogens (tertiary/aromatic N) is 3. The molecule has 3 heterocycles. The zero-order valence-corrected chi connectivity index (χ0v) is 19.5. The van der Waals surface area contributed by atoms with Crippen LogP contribution in [0.1, 0.15) is 40.5 Å². The fourth-order valence-electron chi connectivity index (χ4n) is 4.03. The highest BCUT2D eigenvalue weighted by atomic mass is 16.4. The Hall–Kier alpha value is -2.98. The predicted octanol–water partition coefficient (Wildman–Crippen LogP) is 1.66. The van der Waals surface area contributed by atoms with Crippen LogP contribution in [-0.4, -0.2) is 55.5 Å². The van der Waals surface area contributed by atoms with Crippen molar-refractivity contribution < 1.29 is 19.6 Å². The van der Waals surface area contributed by atoms with E-state index in [4.69, 9.17) is 0 Å². The summed E-state index contributed by atoms with van der Waals surface area (Å²) in [4.78, 5) is 34.8. The van der Waals surface area contributed by atoms with Gasteiger partial charge in [-0.3, -0.25) is 9.59 Å². The van der Waals surface area contributed by atoms with E-state index in [2.05, 4.69) is 20.6 Å². The van der Waals surface area contributed by atoms with Crippen LogP contribution in [0.3, 0.4) is 0 Å². The van der Waals surface area contributed by atoms with Crippen LogP contribution >= 0.6 is 0 Å². The Morgan fingerprint density at radius 2 is 1.48 bits per heavy atom. The first kappa shape index (κ1) is 24.7. The molecule has 2 amide bonds. The van der Waals surface area contributed by atoms with Crippen LogP contribution < -0.4 is 10.6 Å². The minimum absolute atomic E-state index is 0.0477. The summed E-state index contributed by atoms with van der Waals surface area (Å²) in [6.07, 6.45) is 4.15. The van der Waals surface area contributed by atoms with Gasteiger partial charge in [0.25, 0.3) is 0 Å². The third-order valence-electron chi connectivity index (χ3n) is 5.45. The summed E-state index contributed by atoms with van der Waals surface area (Å²) in [5, 5.41) is 26.6. The molecule has 9 nitrogen and oxygen atoms in total. The maximum absolute atomic E-state index is 13.0. The van der Waals surface area contributed by atoms with Gasteiger partial charge >= 0.3 is 7.12 Å². The summed E-state index contributed by atoms with van der Waals surface area (Å²) in [7, 11) is -1.68. The molecule has 0 saturated heterocycles. The molecule has 2 atom stereocenters. The smallest absolute Gasteiger partial charge is 0.426 e. The van der Waals surface area contributed by atoms with Gasteiger partial charge in [0.1, 0.15) is 23.9 Å². The zero-order chi connectivity index (χ0) is 24.1. The van der Waals surface area contributed by atoms with Crippen LogP contribution in [0.15, 0.2) is 36.7 Å². The molecule has 4 N–H and O–H groups in total. The lowest BCUT2D eigenvalue weighted by Gasteiger charge is -2.25. The van der Waals surface area contributed by atoms with E-state index in [1.54, 1.807) is 17.0 Å². The number of amides is 2. The second-order valence-electron chi connectivity index (χ2n) is 9.24. The molecule has 3 aromatic heterocycles. The summed E-state index contributed by atoms with van der Waals surface area (Å²) in [6.45, 7) is 7.73. The molecule has 0 aromatic carbocycles. The van der Waals surface area contributed by atoms with E-state index in [0.29, 0.717) is 24.1 Å². The first-order valence-electron chi connectivity index (χ1n) is 11.3. The molecule has 3 aromatic rings. The van der Waals surface area contributed by atoms with Crippen molar-refractivity contribution in [1.82, 2.24) is 25.2 Å². The van der Waals surface area contributed by atoms with Gasteiger partial charge in [0.2, 0.25) is 11.8 Å². The van der Waals surface area contributed by atoms with E-state index in [1.165, 1.54) is 0 Å². The molecule has 0 spiro atoms. The van der Waals surface area contributed by atoms with Crippen molar-refractivity contribution in [3.8, 4) is 0 Å². The van der Waals surface area contributed by atoms with Gasteiger partial charge in [-0.25, -0.2) is 9.97 Å².